The largest absolute Gasteiger partial charge is 0.384 e. The van der Waals surface area contributed by atoms with E-state index in [0.29, 0.717) is 23.3 Å². The number of nitrogens with zero attached hydrogens (tertiary/aromatic N) is 2. The van der Waals surface area contributed by atoms with Crippen LogP contribution in [0, 0.1) is 12.8 Å². The van der Waals surface area contributed by atoms with E-state index >= 15 is 0 Å². The lowest BCUT2D eigenvalue weighted by molar-refractivity contribution is 0.0727. The van der Waals surface area contributed by atoms with Gasteiger partial charge in [0.15, 0.2) is 0 Å². The Kier molecular flexibility index (Phi) is 3.05. The number of pyridine rings is 1. The quantitative estimate of drug-likeness (QED) is 0.866. The number of rotatable bonds is 3. The van der Waals surface area contributed by atoms with Crippen molar-refractivity contribution in [3.8, 4) is 0 Å². The first-order valence-corrected chi connectivity index (χ1v) is 6.00. The molecule has 0 bridgehead atoms. The molecule has 92 valence electrons. The Morgan fingerprint density at radius 2 is 2.18 bits per heavy atom. The fourth-order valence-electron chi connectivity index (χ4n) is 2.10. The summed E-state index contributed by atoms with van der Waals surface area (Å²) in [6.45, 7) is 3.95. The van der Waals surface area contributed by atoms with Crippen LogP contribution in [-0.2, 0) is 0 Å². The van der Waals surface area contributed by atoms with Gasteiger partial charge in [0.25, 0.3) is 5.91 Å². The number of hydrogen-bond donors (Lipinski definition) is 1. The van der Waals surface area contributed by atoms with Crippen molar-refractivity contribution in [3.05, 3.63) is 23.4 Å². The Balaban J connectivity index is 2.17. The maximum atomic E-state index is 12.3. The molecule has 2 N–H and O–H groups in total. The molecule has 1 atom stereocenters. The van der Waals surface area contributed by atoms with Gasteiger partial charge < -0.3 is 10.6 Å². The maximum Gasteiger partial charge on any atom is 0.254 e. The number of carbonyl (C=O) groups is 1. The molecule has 0 radical (unpaired) electrons. The molecule has 1 aromatic rings. The summed E-state index contributed by atoms with van der Waals surface area (Å²) in [7, 11) is 1.86. The standard InChI is InChI=1S/C13H19N3O/c1-8-6-11(7-12(14)15-8)13(17)16(3)9(2)10-4-5-10/h6-7,9-10H,4-5H2,1-3H3,(H2,14,15). The number of nitrogen functional groups attached to an aromatic ring is 1. The van der Waals surface area contributed by atoms with Crippen molar-refractivity contribution >= 4 is 11.7 Å². The van der Waals surface area contributed by atoms with Gasteiger partial charge in [-0.1, -0.05) is 0 Å². The average Bonchev–Trinajstić information content (AvgIpc) is 3.08. The minimum Gasteiger partial charge on any atom is -0.384 e. The monoisotopic (exact) mass is 233 g/mol. The molecule has 2 rings (SSSR count). The van der Waals surface area contributed by atoms with E-state index in [1.54, 1.807) is 12.1 Å². The van der Waals surface area contributed by atoms with Crippen molar-refractivity contribution in [1.29, 1.82) is 0 Å². The SMILES string of the molecule is Cc1cc(C(=O)N(C)C(C)C2CC2)cc(N)n1. The first-order chi connectivity index (χ1) is 7.99. The summed E-state index contributed by atoms with van der Waals surface area (Å²) in [5.41, 5.74) is 7.07. The first kappa shape index (κ1) is 11.9. The molecule has 1 aliphatic carbocycles. The van der Waals surface area contributed by atoms with Gasteiger partial charge in [0.05, 0.1) is 0 Å². The van der Waals surface area contributed by atoms with E-state index in [1.165, 1.54) is 12.8 Å². The molecule has 4 heteroatoms. The number of anilines is 1. The summed E-state index contributed by atoms with van der Waals surface area (Å²) in [4.78, 5) is 18.2. The lowest BCUT2D eigenvalue weighted by Gasteiger charge is -2.25. The van der Waals surface area contributed by atoms with Gasteiger partial charge in [-0.25, -0.2) is 4.98 Å². The molecule has 0 aliphatic heterocycles. The molecule has 17 heavy (non-hydrogen) atoms. The molecular formula is C13H19N3O. The fourth-order valence-corrected chi connectivity index (χ4v) is 2.10. The van der Waals surface area contributed by atoms with Crippen LogP contribution in [0.1, 0.15) is 35.8 Å². The minimum absolute atomic E-state index is 0.0293. The van der Waals surface area contributed by atoms with Crippen LogP contribution >= 0.6 is 0 Å². The van der Waals surface area contributed by atoms with Crippen LogP contribution in [0.25, 0.3) is 0 Å². The van der Waals surface area contributed by atoms with Gasteiger partial charge in [0.2, 0.25) is 0 Å². The number of nitrogens with two attached hydrogens (primary N) is 1. The Morgan fingerprint density at radius 1 is 1.53 bits per heavy atom. The van der Waals surface area contributed by atoms with E-state index in [9.17, 15) is 4.79 Å². The van der Waals surface area contributed by atoms with E-state index in [0.717, 1.165) is 5.69 Å². The molecule has 1 amide bonds. The minimum atomic E-state index is 0.0293. The zero-order valence-corrected chi connectivity index (χ0v) is 10.6. The molecule has 1 fully saturated rings. The highest BCUT2D eigenvalue weighted by molar-refractivity contribution is 5.95. The lowest BCUT2D eigenvalue weighted by atomic mass is 10.1. The number of aryl methyl sites for hydroxylation is 1. The molecule has 1 aliphatic rings. The number of aromatic nitrogens is 1. The van der Waals surface area contributed by atoms with Crippen molar-refractivity contribution in [2.75, 3.05) is 12.8 Å². The predicted octanol–water partition coefficient (Wildman–Crippen LogP) is 1.84. The second-order valence-corrected chi connectivity index (χ2v) is 4.92. The number of amides is 1. The smallest absolute Gasteiger partial charge is 0.254 e. The van der Waals surface area contributed by atoms with Gasteiger partial charge in [0, 0.05) is 24.3 Å². The van der Waals surface area contributed by atoms with E-state index in [1.807, 2.05) is 18.9 Å². The van der Waals surface area contributed by atoms with Crippen molar-refractivity contribution < 1.29 is 4.79 Å². The molecular weight excluding hydrogens is 214 g/mol. The van der Waals surface area contributed by atoms with Gasteiger partial charge in [-0.3, -0.25) is 4.79 Å². The van der Waals surface area contributed by atoms with Crippen LogP contribution in [0.3, 0.4) is 0 Å². The van der Waals surface area contributed by atoms with Crippen LogP contribution in [0.15, 0.2) is 12.1 Å². The molecule has 1 heterocycles. The van der Waals surface area contributed by atoms with Crippen LogP contribution in [0.5, 0.6) is 0 Å². The molecule has 0 saturated heterocycles. The van der Waals surface area contributed by atoms with E-state index < -0.39 is 0 Å². The molecule has 0 aromatic carbocycles. The zero-order valence-electron chi connectivity index (χ0n) is 10.6. The predicted molar refractivity (Wildman–Crippen MR) is 67.7 cm³/mol. The van der Waals surface area contributed by atoms with Gasteiger partial charge >= 0.3 is 0 Å². The molecule has 4 nitrogen and oxygen atoms in total. The highest BCUT2D eigenvalue weighted by atomic mass is 16.2. The zero-order chi connectivity index (χ0) is 12.6. The van der Waals surface area contributed by atoms with Crippen LogP contribution < -0.4 is 5.73 Å². The second kappa shape index (κ2) is 4.35. The fraction of sp³-hybridized carbons (Fsp3) is 0.538. The third kappa shape index (κ3) is 2.57. The number of carbonyl (C=O) groups excluding carboxylic acids is 1. The third-order valence-corrected chi connectivity index (χ3v) is 3.46. The van der Waals surface area contributed by atoms with Crippen molar-refractivity contribution in [3.63, 3.8) is 0 Å². The maximum absolute atomic E-state index is 12.3. The Morgan fingerprint density at radius 3 is 2.71 bits per heavy atom. The Bertz CT molecular complexity index is 420. The van der Waals surface area contributed by atoms with Crippen LogP contribution in [0.2, 0.25) is 0 Å². The second-order valence-electron chi connectivity index (χ2n) is 4.92. The average molecular weight is 233 g/mol. The summed E-state index contributed by atoms with van der Waals surface area (Å²) in [6.07, 6.45) is 2.46. The Hall–Kier alpha value is -1.58. The van der Waals surface area contributed by atoms with Crippen LogP contribution in [0.4, 0.5) is 5.82 Å². The summed E-state index contributed by atoms with van der Waals surface area (Å²) in [5.74, 6) is 1.10. The van der Waals surface area contributed by atoms with E-state index in [2.05, 4.69) is 11.9 Å². The molecule has 1 aromatic heterocycles. The Labute approximate surface area is 102 Å². The molecule has 1 unspecified atom stereocenters. The summed E-state index contributed by atoms with van der Waals surface area (Å²) in [5, 5.41) is 0. The highest BCUT2D eigenvalue weighted by Crippen LogP contribution is 2.35. The first-order valence-electron chi connectivity index (χ1n) is 6.00. The van der Waals surface area contributed by atoms with Crippen molar-refractivity contribution in [1.82, 2.24) is 9.88 Å². The van der Waals surface area contributed by atoms with Gasteiger partial charge in [-0.05, 0) is 44.7 Å². The third-order valence-electron chi connectivity index (χ3n) is 3.46. The van der Waals surface area contributed by atoms with E-state index in [-0.39, 0.29) is 5.91 Å². The van der Waals surface area contributed by atoms with Crippen molar-refractivity contribution in [2.45, 2.75) is 32.7 Å². The molecule has 0 spiro atoms. The normalized spacial score (nSPS) is 16.6. The summed E-state index contributed by atoms with van der Waals surface area (Å²) in [6, 6.07) is 3.73. The van der Waals surface area contributed by atoms with Crippen LogP contribution in [-0.4, -0.2) is 28.9 Å². The van der Waals surface area contributed by atoms with E-state index in [4.69, 9.17) is 5.73 Å². The number of hydrogen-bond acceptors (Lipinski definition) is 3. The van der Waals surface area contributed by atoms with Crippen molar-refractivity contribution in [2.24, 2.45) is 5.92 Å². The summed E-state index contributed by atoms with van der Waals surface area (Å²) < 4.78 is 0. The topological polar surface area (TPSA) is 59.2 Å². The lowest BCUT2D eigenvalue weighted by Crippen LogP contribution is -2.36. The molecule has 1 saturated carbocycles. The van der Waals surface area contributed by atoms with Gasteiger partial charge in [-0.15, -0.1) is 0 Å². The highest BCUT2D eigenvalue weighted by Gasteiger charge is 2.32. The van der Waals surface area contributed by atoms with Gasteiger partial charge in [0.1, 0.15) is 5.82 Å². The summed E-state index contributed by atoms with van der Waals surface area (Å²) >= 11 is 0. The van der Waals surface area contributed by atoms with Gasteiger partial charge in [-0.2, -0.15) is 0 Å².